The summed E-state index contributed by atoms with van der Waals surface area (Å²) in [5.41, 5.74) is 1.45. The summed E-state index contributed by atoms with van der Waals surface area (Å²) >= 11 is 0. The molecule has 1 aliphatic carbocycles. The molecule has 2 aromatic carbocycles. The monoisotopic (exact) mass is 403 g/mol. The van der Waals surface area contributed by atoms with E-state index >= 15 is 0 Å². The molecule has 0 spiro atoms. The molecule has 30 heavy (non-hydrogen) atoms. The van der Waals surface area contributed by atoms with Crippen LogP contribution in [0.3, 0.4) is 0 Å². The minimum atomic E-state index is -0.0477. The summed E-state index contributed by atoms with van der Waals surface area (Å²) in [5.74, 6) is 2.50. The van der Waals surface area contributed by atoms with Gasteiger partial charge in [-0.2, -0.15) is 0 Å². The van der Waals surface area contributed by atoms with E-state index in [-0.39, 0.29) is 11.9 Å². The van der Waals surface area contributed by atoms with Gasteiger partial charge in [0.2, 0.25) is 0 Å². The average molecular weight is 404 g/mol. The number of methoxy groups -OCH3 is 1. The van der Waals surface area contributed by atoms with Crippen molar-refractivity contribution >= 4 is 28.2 Å². The number of pyridine rings is 1. The Balaban J connectivity index is 1.64. The van der Waals surface area contributed by atoms with Crippen molar-refractivity contribution in [3.63, 3.8) is 0 Å². The van der Waals surface area contributed by atoms with Crippen molar-refractivity contribution in [3.05, 3.63) is 60.3 Å². The quantitative estimate of drug-likeness (QED) is 0.587. The van der Waals surface area contributed by atoms with Gasteiger partial charge >= 0.3 is 0 Å². The number of fused-ring (bicyclic) bond motifs is 1. The molecule has 0 saturated heterocycles. The van der Waals surface area contributed by atoms with Crippen LogP contribution in [0.15, 0.2) is 54.7 Å². The number of carbonyl (C=O) groups excluding carboxylic acids is 1. The van der Waals surface area contributed by atoms with Crippen molar-refractivity contribution in [1.29, 1.82) is 0 Å². The van der Waals surface area contributed by atoms with E-state index in [2.05, 4.69) is 29.5 Å². The summed E-state index contributed by atoms with van der Waals surface area (Å²) < 4.78 is 5.44. The summed E-state index contributed by atoms with van der Waals surface area (Å²) in [7, 11) is 1.65. The van der Waals surface area contributed by atoms with Gasteiger partial charge in [0.1, 0.15) is 11.6 Å². The Kier molecular flexibility index (Phi) is 5.88. The van der Waals surface area contributed by atoms with E-state index in [4.69, 9.17) is 4.74 Å². The molecule has 0 aliphatic heterocycles. The summed E-state index contributed by atoms with van der Waals surface area (Å²) in [6, 6.07) is 15.8. The fourth-order valence-corrected chi connectivity index (χ4v) is 4.38. The second-order valence-corrected chi connectivity index (χ2v) is 8.24. The van der Waals surface area contributed by atoms with Gasteiger partial charge in [0.05, 0.1) is 18.4 Å². The molecular formula is C25H29N3O2. The SMILES string of the molecule is COc1ccccc1Nc1ncc(C(=O)N[C@@H]2CCC[C@@H](C)[C@@H]2C)c2ccccc12. The smallest absolute Gasteiger partial charge is 0.253 e. The topological polar surface area (TPSA) is 63.2 Å². The Morgan fingerprint density at radius 3 is 2.57 bits per heavy atom. The predicted molar refractivity (Wildman–Crippen MR) is 121 cm³/mol. The molecule has 1 amide bonds. The van der Waals surface area contributed by atoms with Crippen molar-refractivity contribution in [2.24, 2.45) is 11.8 Å². The Morgan fingerprint density at radius 2 is 1.77 bits per heavy atom. The maximum Gasteiger partial charge on any atom is 0.253 e. The molecule has 0 unspecified atom stereocenters. The van der Waals surface area contributed by atoms with Crippen LogP contribution in [-0.4, -0.2) is 24.0 Å². The molecule has 1 fully saturated rings. The molecule has 1 aromatic heterocycles. The summed E-state index contributed by atoms with van der Waals surface area (Å²) in [5, 5.41) is 8.43. The minimum Gasteiger partial charge on any atom is -0.495 e. The number of para-hydroxylation sites is 2. The molecule has 1 aliphatic rings. The van der Waals surface area contributed by atoms with E-state index in [0.29, 0.717) is 23.2 Å². The number of aromatic nitrogens is 1. The number of anilines is 2. The first-order valence-corrected chi connectivity index (χ1v) is 10.7. The highest BCUT2D eigenvalue weighted by Crippen LogP contribution is 2.32. The molecule has 1 saturated carbocycles. The zero-order valence-corrected chi connectivity index (χ0v) is 17.8. The molecule has 4 rings (SSSR count). The number of hydrogen-bond donors (Lipinski definition) is 2. The van der Waals surface area contributed by atoms with Crippen LogP contribution in [0, 0.1) is 11.8 Å². The van der Waals surface area contributed by atoms with Crippen molar-refractivity contribution in [2.75, 3.05) is 12.4 Å². The standard InChI is InChI=1S/C25H29N3O2/c1-16-9-8-13-21(17(16)2)28-25(29)20-15-26-24(19-11-5-4-10-18(19)20)27-22-12-6-7-14-23(22)30-3/h4-7,10-12,14-17,21H,8-9,13H2,1-3H3,(H,26,27)(H,28,29)/t16-,17+,21-/m1/s1. The molecular weight excluding hydrogens is 374 g/mol. The first-order valence-electron chi connectivity index (χ1n) is 10.7. The van der Waals surface area contributed by atoms with Crippen LogP contribution in [0.4, 0.5) is 11.5 Å². The molecule has 3 atom stereocenters. The van der Waals surface area contributed by atoms with E-state index in [1.807, 2.05) is 48.5 Å². The Morgan fingerprint density at radius 1 is 1.03 bits per heavy atom. The second-order valence-electron chi connectivity index (χ2n) is 8.24. The molecule has 3 aromatic rings. The van der Waals surface area contributed by atoms with Crippen LogP contribution >= 0.6 is 0 Å². The lowest BCUT2D eigenvalue weighted by Crippen LogP contribution is -2.43. The Hall–Kier alpha value is -3.08. The normalized spacial score (nSPS) is 21.2. The Labute approximate surface area is 177 Å². The summed E-state index contributed by atoms with van der Waals surface area (Å²) in [6.07, 6.45) is 5.11. The van der Waals surface area contributed by atoms with E-state index in [9.17, 15) is 4.79 Å². The molecule has 156 valence electrons. The van der Waals surface area contributed by atoms with E-state index in [0.717, 1.165) is 35.1 Å². The van der Waals surface area contributed by atoms with E-state index < -0.39 is 0 Å². The summed E-state index contributed by atoms with van der Waals surface area (Å²) in [6.45, 7) is 4.52. The first kappa shape index (κ1) is 20.2. The zero-order valence-electron chi connectivity index (χ0n) is 17.8. The first-order chi connectivity index (χ1) is 14.6. The summed E-state index contributed by atoms with van der Waals surface area (Å²) in [4.78, 5) is 17.8. The number of nitrogens with one attached hydrogen (secondary N) is 2. The highest BCUT2D eigenvalue weighted by Gasteiger charge is 2.29. The third kappa shape index (κ3) is 3.97. The number of nitrogens with zero attached hydrogens (tertiary/aromatic N) is 1. The van der Waals surface area contributed by atoms with Gasteiger partial charge < -0.3 is 15.4 Å². The van der Waals surface area contributed by atoms with Crippen LogP contribution in [0.25, 0.3) is 10.8 Å². The predicted octanol–water partition coefficient (Wildman–Crippen LogP) is 5.54. The van der Waals surface area contributed by atoms with Crippen molar-refractivity contribution in [2.45, 2.75) is 39.2 Å². The lowest BCUT2D eigenvalue weighted by molar-refractivity contribution is 0.0892. The van der Waals surface area contributed by atoms with Gasteiger partial charge in [-0.1, -0.05) is 63.1 Å². The zero-order chi connectivity index (χ0) is 21.1. The highest BCUT2D eigenvalue weighted by atomic mass is 16.5. The van der Waals surface area contributed by atoms with Crippen molar-refractivity contribution in [1.82, 2.24) is 10.3 Å². The lowest BCUT2D eigenvalue weighted by atomic mass is 9.78. The van der Waals surface area contributed by atoms with Crippen molar-refractivity contribution < 1.29 is 9.53 Å². The van der Waals surface area contributed by atoms with Crippen LogP contribution in [0.5, 0.6) is 5.75 Å². The molecule has 5 nitrogen and oxygen atoms in total. The molecule has 0 radical (unpaired) electrons. The van der Waals surface area contributed by atoms with Gasteiger partial charge in [0.25, 0.3) is 5.91 Å². The number of hydrogen-bond acceptors (Lipinski definition) is 4. The fraction of sp³-hybridized carbons (Fsp3) is 0.360. The van der Waals surface area contributed by atoms with Gasteiger partial charge in [-0.15, -0.1) is 0 Å². The van der Waals surface area contributed by atoms with E-state index in [1.165, 1.54) is 6.42 Å². The van der Waals surface area contributed by atoms with Crippen LogP contribution in [-0.2, 0) is 0 Å². The maximum atomic E-state index is 13.2. The third-order valence-corrected chi connectivity index (χ3v) is 6.42. The number of ether oxygens (including phenoxy) is 1. The van der Waals surface area contributed by atoms with Crippen LogP contribution in [0.1, 0.15) is 43.5 Å². The largest absolute Gasteiger partial charge is 0.495 e. The number of amides is 1. The maximum absolute atomic E-state index is 13.2. The lowest BCUT2D eigenvalue weighted by Gasteiger charge is -2.34. The van der Waals surface area contributed by atoms with E-state index in [1.54, 1.807) is 13.3 Å². The van der Waals surface area contributed by atoms with Gasteiger partial charge in [0.15, 0.2) is 0 Å². The molecule has 0 bridgehead atoms. The second kappa shape index (κ2) is 8.74. The number of carbonyl (C=O) groups is 1. The van der Waals surface area contributed by atoms with Gasteiger partial charge in [-0.25, -0.2) is 4.98 Å². The number of rotatable bonds is 5. The molecule has 2 N–H and O–H groups in total. The third-order valence-electron chi connectivity index (χ3n) is 6.42. The van der Waals surface area contributed by atoms with Gasteiger partial charge in [0, 0.05) is 17.6 Å². The number of benzene rings is 2. The fourth-order valence-electron chi connectivity index (χ4n) is 4.38. The van der Waals surface area contributed by atoms with Crippen LogP contribution < -0.4 is 15.4 Å². The average Bonchev–Trinajstić information content (AvgIpc) is 2.77. The Bertz CT molecular complexity index is 1050. The molecule has 1 heterocycles. The van der Waals surface area contributed by atoms with Gasteiger partial charge in [-0.05, 0) is 35.8 Å². The molecule has 5 heteroatoms. The van der Waals surface area contributed by atoms with Gasteiger partial charge in [-0.3, -0.25) is 4.79 Å². The van der Waals surface area contributed by atoms with Crippen LogP contribution in [0.2, 0.25) is 0 Å². The minimum absolute atomic E-state index is 0.0477. The highest BCUT2D eigenvalue weighted by molar-refractivity contribution is 6.09. The van der Waals surface area contributed by atoms with Crippen molar-refractivity contribution in [3.8, 4) is 5.75 Å².